The summed E-state index contributed by atoms with van der Waals surface area (Å²) in [7, 11) is 0. The second kappa shape index (κ2) is 12.5. The lowest BCUT2D eigenvalue weighted by molar-refractivity contribution is -0.155. The summed E-state index contributed by atoms with van der Waals surface area (Å²) in [5.41, 5.74) is 0. The van der Waals surface area contributed by atoms with E-state index in [2.05, 4.69) is 13.5 Å². The Hall–Kier alpha value is -1.99. The number of rotatable bonds is 13. The molecule has 1 saturated carbocycles. The largest absolute Gasteiger partial charge is 0.481 e. The fraction of sp³-hybridized carbons (Fsp3) is 0.682. The number of ketones is 1. The third-order valence-corrected chi connectivity index (χ3v) is 5.38. The van der Waals surface area contributed by atoms with Crippen molar-refractivity contribution in [2.75, 3.05) is 0 Å². The van der Waals surface area contributed by atoms with Gasteiger partial charge in [0.15, 0.2) is 0 Å². The number of carboxylic acid groups (broad SMARTS) is 1. The van der Waals surface area contributed by atoms with Crippen LogP contribution in [0.5, 0.6) is 0 Å². The number of hydrogen-bond donors (Lipinski definition) is 3. The Bertz CT molecular complexity index is 598. The van der Waals surface area contributed by atoms with Crippen LogP contribution in [0, 0.1) is 17.8 Å². The van der Waals surface area contributed by atoms with Crippen LogP contribution in [-0.2, 0) is 19.1 Å². The Morgan fingerprint density at radius 3 is 2.59 bits per heavy atom. The van der Waals surface area contributed by atoms with E-state index in [0.717, 1.165) is 19.3 Å². The van der Waals surface area contributed by atoms with E-state index in [1.54, 1.807) is 12.2 Å². The molecule has 0 aromatic rings. The van der Waals surface area contributed by atoms with E-state index in [1.807, 2.05) is 6.92 Å². The first-order chi connectivity index (χ1) is 13.7. The molecular weight excluding hydrogens is 376 g/mol. The van der Waals surface area contributed by atoms with Crippen LogP contribution in [0.1, 0.15) is 58.8 Å². The van der Waals surface area contributed by atoms with Gasteiger partial charge in [0.1, 0.15) is 17.8 Å². The van der Waals surface area contributed by atoms with Crippen molar-refractivity contribution in [3.63, 3.8) is 0 Å². The highest BCUT2D eigenvalue weighted by atomic mass is 16.5. The maximum atomic E-state index is 12.6. The van der Waals surface area contributed by atoms with E-state index in [0.29, 0.717) is 12.8 Å². The van der Waals surface area contributed by atoms with E-state index < -0.39 is 47.9 Å². The molecular formula is C22H34O7. The van der Waals surface area contributed by atoms with Crippen LogP contribution >= 0.6 is 0 Å². The maximum Gasteiger partial charge on any atom is 0.317 e. The lowest BCUT2D eigenvalue weighted by atomic mass is 9.91. The molecule has 6 atom stereocenters. The van der Waals surface area contributed by atoms with E-state index in [4.69, 9.17) is 9.84 Å². The topological polar surface area (TPSA) is 121 Å². The van der Waals surface area contributed by atoms with Crippen molar-refractivity contribution in [1.29, 1.82) is 0 Å². The van der Waals surface area contributed by atoms with Crippen LogP contribution in [0.15, 0.2) is 24.8 Å². The molecule has 0 aromatic carbocycles. The number of carbonyl (C=O) groups is 3. The predicted octanol–water partition coefficient (Wildman–Crippen LogP) is 2.65. The van der Waals surface area contributed by atoms with Gasteiger partial charge in [0, 0.05) is 18.8 Å². The quantitative estimate of drug-likeness (QED) is 0.242. The number of Topliss-reactive ketones (excluding diaryl/α,β-unsaturated/α-hetero) is 1. The molecule has 0 aliphatic heterocycles. The van der Waals surface area contributed by atoms with Crippen molar-refractivity contribution in [3.8, 4) is 0 Å². The maximum absolute atomic E-state index is 12.6. The Morgan fingerprint density at radius 2 is 2.00 bits per heavy atom. The number of aliphatic hydroxyl groups excluding tert-OH is 2. The average molecular weight is 411 g/mol. The number of esters is 1. The molecule has 1 aliphatic carbocycles. The fourth-order valence-electron chi connectivity index (χ4n) is 3.46. The second-order valence-electron chi connectivity index (χ2n) is 7.78. The number of unbranched alkanes of at least 4 members (excludes halogenated alkanes) is 1. The Morgan fingerprint density at radius 1 is 1.31 bits per heavy atom. The molecule has 7 nitrogen and oxygen atoms in total. The number of hydrogen-bond acceptors (Lipinski definition) is 6. The van der Waals surface area contributed by atoms with Gasteiger partial charge in [-0.1, -0.05) is 51.5 Å². The van der Waals surface area contributed by atoms with Crippen molar-refractivity contribution in [2.45, 2.75) is 77.1 Å². The van der Waals surface area contributed by atoms with Gasteiger partial charge in [-0.3, -0.25) is 14.4 Å². The van der Waals surface area contributed by atoms with Crippen molar-refractivity contribution >= 4 is 17.7 Å². The smallest absolute Gasteiger partial charge is 0.317 e. The standard InChI is InChI=1S/C22H34O7/c1-4-6-8-14(3)17(23)12-11-16-18(24)13-19(25)21(16)22(28)29-15(5-2)9-7-10-20(26)27/h5,11-12,14-18,21,23-24H,2,4,6-10,13H2,1,3H3,(H,26,27)/b12-11+/t14?,15?,16-,17+,18+,21+/m0/s1. The summed E-state index contributed by atoms with van der Waals surface area (Å²) in [4.78, 5) is 35.5. The molecule has 7 heteroatoms. The monoisotopic (exact) mass is 410 g/mol. The van der Waals surface area contributed by atoms with Crippen LogP contribution in [0.3, 0.4) is 0 Å². The average Bonchev–Trinajstić information content (AvgIpc) is 2.95. The predicted molar refractivity (Wildman–Crippen MR) is 108 cm³/mol. The fourth-order valence-corrected chi connectivity index (χ4v) is 3.46. The molecule has 0 bridgehead atoms. The first kappa shape index (κ1) is 25.0. The highest BCUT2D eigenvalue weighted by Crippen LogP contribution is 2.32. The third-order valence-electron chi connectivity index (χ3n) is 5.38. The summed E-state index contributed by atoms with van der Waals surface area (Å²) in [5, 5.41) is 29.2. The van der Waals surface area contributed by atoms with Crippen molar-refractivity contribution in [2.24, 2.45) is 17.8 Å². The zero-order chi connectivity index (χ0) is 22.0. The minimum atomic E-state index is -1.14. The van der Waals surface area contributed by atoms with Crippen molar-refractivity contribution in [1.82, 2.24) is 0 Å². The summed E-state index contributed by atoms with van der Waals surface area (Å²) < 4.78 is 5.34. The molecule has 0 spiro atoms. The van der Waals surface area contributed by atoms with Crippen LogP contribution < -0.4 is 0 Å². The molecule has 0 heterocycles. The van der Waals surface area contributed by atoms with Gasteiger partial charge in [0.05, 0.1) is 12.2 Å². The van der Waals surface area contributed by atoms with Crippen molar-refractivity contribution < 1.29 is 34.4 Å². The van der Waals surface area contributed by atoms with Crippen molar-refractivity contribution in [3.05, 3.63) is 24.8 Å². The minimum absolute atomic E-state index is 0.0326. The first-order valence-corrected chi connectivity index (χ1v) is 10.3. The SMILES string of the molecule is C=CC(CCCC(=O)O)OC(=O)[C@H]1C(=O)C[C@@H](O)[C@@H]1/C=C/[C@@H](O)C(C)CCCC. The normalized spacial score (nSPS) is 25.0. The van der Waals surface area contributed by atoms with Crippen LogP contribution in [0.4, 0.5) is 0 Å². The van der Waals surface area contributed by atoms with Crippen LogP contribution in [-0.4, -0.2) is 51.4 Å². The van der Waals surface area contributed by atoms with Gasteiger partial charge < -0.3 is 20.1 Å². The molecule has 0 aromatic heterocycles. The van der Waals surface area contributed by atoms with Crippen LogP contribution in [0.2, 0.25) is 0 Å². The van der Waals surface area contributed by atoms with Gasteiger partial charge in [0.2, 0.25) is 0 Å². The van der Waals surface area contributed by atoms with Gasteiger partial charge in [-0.05, 0) is 25.2 Å². The molecule has 1 aliphatic rings. The van der Waals surface area contributed by atoms with E-state index in [1.165, 1.54) is 6.08 Å². The molecule has 164 valence electrons. The molecule has 1 fully saturated rings. The van der Waals surface area contributed by atoms with Gasteiger partial charge in [-0.15, -0.1) is 0 Å². The van der Waals surface area contributed by atoms with E-state index in [9.17, 15) is 24.6 Å². The highest BCUT2D eigenvalue weighted by molar-refractivity contribution is 6.01. The molecule has 1 rings (SSSR count). The van der Waals surface area contributed by atoms with Gasteiger partial charge in [-0.2, -0.15) is 0 Å². The van der Waals surface area contributed by atoms with E-state index >= 15 is 0 Å². The van der Waals surface area contributed by atoms with Gasteiger partial charge in [-0.25, -0.2) is 0 Å². The number of carbonyl (C=O) groups excluding carboxylic acids is 2. The zero-order valence-electron chi connectivity index (χ0n) is 17.3. The summed E-state index contributed by atoms with van der Waals surface area (Å²) >= 11 is 0. The molecule has 0 radical (unpaired) electrons. The summed E-state index contributed by atoms with van der Waals surface area (Å²) in [5.74, 6) is -3.96. The van der Waals surface area contributed by atoms with E-state index in [-0.39, 0.29) is 18.8 Å². The zero-order valence-corrected chi connectivity index (χ0v) is 17.3. The summed E-state index contributed by atoms with van der Waals surface area (Å²) in [6.45, 7) is 7.59. The summed E-state index contributed by atoms with van der Waals surface area (Å²) in [6, 6.07) is 0. The number of aliphatic hydroxyl groups is 2. The highest BCUT2D eigenvalue weighted by Gasteiger charge is 2.46. The number of aliphatic carboxylic acids is 1. The Kier molecular flexibility index (Phi) is 10.8. The second-order valence-corrected chi connectivity index (χ2v) is 7.78. The van der Waals surface area contributed by atoms with Gasteiger partial charge in [0.25, 0.3) is 0 Å². The Balaban J connectivity index is 2.76. The molecule has 29 heavy (non-hydrogen) atoms. The molecule has 0 amide bonds. The molecule has 2 unspecified atom stereocenters. The number of ether oxygens (including phenoxy) is 1. The Labute approximate surface area is 172 Å². The minimum Gasteiger partial charge on any atom is -0.481 e. The lowest BCUT2D eigenvalue weighted by Gasteiger charge is -2.21. The molecule has 0 saturated heterocycles. The van der Waals surface area contributed by atoms with Crippen LogP contribution in [0.25, 0.3) is 0 Å². The molecule has 3 N–H and O–H groups in total. The lowest BCUT2D eigenvalue weighted by Crippen LogP contribution is -2.31. The summed E-state index contributed by atoms with van der Waals surface area (Å²) in [6.07, 6.45) is 5.35. The first-order valence-electron chi connectivity index (χ1n) is 10.3. The number of carboxylic acids is 1. The third kappa shape index (κ3) is 8.11. The van der Waals surface area contributed by atoms with Gasteiger partial charge >= 0.3 is 11.9 Å².